The van der Waals surface area contributed by atoms with E-state index < -0.39 is 11.2 Å². The van der Waals surface area contributed by atoms with Gasteiger partial charge in [0.1, 0.15) is 0 Å². The summed E-state index contributed by atoms with van der Waals surface area (Å²) >= 11 is 0. The summed E-state index contributed by atoms with van der Waals surface area (Å²) in [6.07, 6.45) is 2.92. The second kappa shape index (κ2) is 8.79. The first kappa shape index (κ1) is 18.4. The molecule has 2 aromatic rings. The number of allylic oxidation sites excluding steroid dienone is 1. The van der Waals surface area contributed by atoms with Gasteiger partial charge in [0, 0.05) is 25.9 Å². The van der Waals surface area contributed by atoms with Gasteiger partial charge in [0.15, 0.2) is 0 Å². The molecule has 1 aromatic heterocycles. The molecule has 25 heavy (non-hydrogen) atoms. The summed E-state index contributed by atoms with van der Waals surface area (Å²) < 4.78 is 6.27. The third kappa shape index (κ3) is 5.29. The number of aromatic nitrogens is 2. The standard InChI is InChI=1S/C18H21N3O4/c1-13(14-6-4-3-5-7-14)10-16(22)19-11-15-12-21(8-9-25-2)18(24)20-17(15)23/h3-7,10,12H,8-9,11H2,1-2H3,(H,19,22)(H,20,23,24). The minimum absolute atomic E-state index is 0.0278. The number of nitrogens with zero attached hydrogens (tertiary/aromatic N) is 1. The van der Waals surface area contributed by atoms with Crippen LogP contribution < -0.4 is 16.6 Å². The quantitative estimate of drug-likeness (QED) is 0.731. The number of amides is 1. The molecule has 0 fully saturated rings. The van der Waals surface area contributed by atoms with Crippen molar-refractivity contribution in [1.82, 2.24) is 14.9 Å². The number of ether oxygens (including phenoxy) is 1. The van der Waals surface area contributed by atoms with E-state index in [2.05, 4.69) is 10.3 Å². The van der Waals surface area contributed by atoms with Gasteiger partial charge < -0.3 is 10.1 Å². The van der Waals surface area contributed by atoms with Crippen LogP contribution in [0.2, 0.25) is 0 Å². The van der Waals surface area contributed by atoms with Crippen molar-refractivity contribution in [2.24, 2.45) is 0 Å². The van der Waals surface area contributed by atoms with Crippen LogP contribution in [-0.4, -0.2) is 29.2 Å². The Kier molecular flexibility index (Phi) is 6.47. The first-order valence-corrected chi connectivity index (χ1v) is 7.84. The van der Waals surface area contributed by atoms with Gasteiger partial charge in [-0.25, -0.2) is 4.79 Å². The van der Waals surface area contributed by atoms with Crippen molar-refractivity contribution < 1.29 is 9.53 Å². The predicted molar refractivity (Wildman–Crippen MR) is 95.1 cm³/mol. The Morgan fingerprint density at radius 3 is 2.68 bits per heavy atom. The SMILES string of the molecule is COCCn1cc(CNC(=O)C=C(C)c2ccccc2)c(=O)[nH]c1=O. The van der Waals surface area contributed by atoms with Crippen LogP contribution in [-0.2, 0) is 22.6 Å². The Balaban J connectivity index is 2.06. The van der Waals surface area contributed by atoms with Gasteiger partial charge in [0.05, 0.1) is 18.7 Å². The third-order valence-corrected chi connectivity index (χ3v) is 3.65. The minimum atomic E-state index is -0.511. The summed E-state index contributed by atoms with van der Waals surface area (Å²) in [5, 5.41) is 2.66. The summed E-state index contributed by atoms with van der Waals surface area (Å²) in [6, 6.07) is 9.52. The van der Waals surface area contributed by atoms with Gasteiger partial charge in [-0.05, 0) is 18.1 Å². The van der Waals surface area contributed by atoms with Crippen molar-refractivity contribution in [2.45, 2.75) is 20.0 Å². The van der Waals surface area contributed by atoms with Crippen molar-refractivity contribution in [3.8, 4) is 0 Å². The molecule has 0 aliphatic heterocycles. The molecular formula is C18H21N3O4. The Morgan fingerprint density at radius 1 is 1.28 bits per heavy atom. The Morgan fingerprint density at radius 2 is 2.00 bits per heavy atom. The molecule has 0 spiro atoms. The molecule has 0 bridgehead atoms. The normalized spacial score (nSPS) is 11.4. The number of hydrogen-bond donors (Lipinski definition) is 2. The molecule has 0 aliphatic carbocycles. The molecule has 7 nitrogen and oxygen atoms in total. The number of carbonyl (C=O) groups is 1. The number of methoxy groups -OCH3 is 1. The number of aromatic amines is 1. The van der Waals surface area contributed by atoms with E-state index in [0.717, 1.165) is 11.1 Å². The van der Waals surface area contributed by atoms with Crippen LogP contribution in [0.4, 0.5) is 0 Å². The molecule has 2 N–H and O–H groups in total. The maximum atomic E-state index is 12.0. The summed E-state index contributed by atoms with van der Waals surface area (Å²) in [5.41, 5.74) is 1.05. The molecule has 0 saturated heterocycles. The lowest BCUT2D eigenvalue weighted by molar-refractivity contribution is -0.116. The summed E-state index contributed by atoms with van der Waals surface area (Å²) in [5.74, 6) is -0.310. The number of rotatable bonds is 7. The van der Waals surface area contributed by atoms with E-state index in [4.69, 9.17) is 4.74 Å². The number of nitrogens with one attached hydrogen (secondary N) is 2. The number of benzene rings is 1. The zero-order valence-corrected chi connectivity index (χ0v) is 14.2. The van der Waals surface area contributed by atoms with Crippen LogP contribution in [0.15, 0.2) is 52.2 Å². The van der Waals surface area contributed by atoms with Crippen LogP contribution in [0.25, 0.3) is 5.57 Å². The molecule has 0 atom stereocenters. The number of H-pyrrole nitrogens is 1. The van der Waals surface area contributed by atoms with Crippen molar-refractivity contribution in [3.63, 3.8) is 0 Å². The van der Waals surface area contributed by atoms with E-state index in [9.17, 15) is 14.4 Å². The van der Waals surface area contributed by atoms with E-state index in [1.807, 2.05) is 37.3 Å². The monoisotopic (exact) mass is 343 g/mol. The van der Waals surface area contributed by atoms with E-state index in [1.165, 1.54) is 23.9 Å². The maximum absolute atomic E-state index is 12.0. The number of carbonyl (C=O) groups excluding carboxylic acids is 1. The maximum Gasteiger partial charge on any atom is 0.328 e. The molecule has 7 heteroatoms. The molecule has 2 rings (SSSR count). The van der Waals surface area contributed by atoms with Crippen molar-refractivity contribution in [1.29, 1.82) is 0 Å². The van der Waals surface area contributed by atoms with E-state index in [-0.39, 0.29) is 12.5 Å². The molecular weight excluding hydrogens is 322 g/mol. The fraction of sp³-hybridized carbons (Fsp3) is 0.278. The smallest absolute Gasteiger partial charge is 0.328 e. The highest BCUT2D eigenvalue weighted by Gasteiger charge is 2.07. The lowest BCUT2D eigenvalue weighted by Gasteiger charge is -2.08. The highest BCUT2D eigenvalue weighted by atomic mass is 16.5. The fourth-order valence-electron chi connectivity index (χ4n) is 2.25. The lowest BCUT2D eigenvalue weighted by atomic mass is 10.1. The highest BCUT2D eigenvalue weighted by Crippen LogP contribution is 2.12. The van der Waals surface area contributed by atoms with E-state index >= 15 is 0 Å². The second-order valence-electron chi connectivity index (χ2n) is 5.51. The van der Waals surface area contributed by atoms with Crippen molar-refractivity contribution in [3.05, 3.63) is 74.6 Å². The topological polar surface area (TPSA) is 93.2 Å². The Bertz CT molecular complexity index is 866. The molecule has 132 valence electrons. The molecule has 0 saturated carbocycles. The first-order chi connectivity index (χ1) is 12.0. The largest absolute Gasteiger partial charge is 0.383 e. The van der Waals surface area contributed by atoms with Gasteiger partial charge in [-0.3, -0.25) is 19.1 Å². The summed E-state index contributed by atoms with van der Waals surface area (Å²) in [7, 11) is 1.53. The van der Waals surface area contributed by atoms with Crippen LogP contribution in [0.3, 0.4) is 0 Å². The Labute approximate surface area is 145 Å². The number of hydrogen-bond acceptors (Lipinski definition) is 4. The van der Waals surface area contributed by atoms with Gasteiger partial charge in [0.2, 0.25) is 5.91 Å². The van der Waals surface area contributed by atoms with Crippen LogP contribution >= 0.6 is 0 Å². The van der Waals surface area contributed by atoms with Crippen molar-refractivity contribution in [2.75, 3.05) is 13.7 Å². The highest BCUT2D eigenvalue weighted by molar-refractivity contribution is 5.94. The Hall–Kier alpha value is -2.93. The molecule has 1 heterocycles. The van der Waals surface area contributed by atoms with E-state index in [1.54, 1.807) is 0 Å². The molecule has 1 amide bonds. The van der Waals surface area contributed by atoms with Crippen molar-refractivity contribution >= 4 is 11.5 Å². The fourth-order valence-corrected chi connectivity index (χ4v) is 2.25. The molecule has 1 aromatic carbocycles. The van der Waals surface area contributed by atoms with Gasteiger partial charge in [-0.1, -0.05) is 30.3 Å². The van der Waals surface area contributed by atoms with Gasteiger partial charge in [0.25, 0.3) is 5.56 Å². The summed E-state index contributed by atoms with van der Waals surface area (Å²) in [4.78, 5) is 37.8. The molecule has 0 aliphatic rings. The van der Waals surface area contributed by atoms with Gasteiger partial charge >= 0.3 is 5.69 Å². The van der Waals surface area contributed by atoms with Crippen LogP contribution in [0.1, 0.15) is 18.1 Å². The second-order valence-corrected chi connectivity index (χ2v) is 5.51. The zero-order valence-electron chi connectivity index (χ0n) is 14.2. The minimum Gasteiger partial charge on any atom is -0.383 e. The van der Waals surface area contributed by atoms with Crippen LogP contribution in [0.5, 0.6) is 0 Å². The first-order valence-electron chi connectivity index (χ1n) is 7.84. The summed E-state index contributed by atoms with van der Waals surface area (Å²) in [6.45, 7) is 2.53. The van der Waals surface area contributed by atoms with Crippen LogP contribution in [0, 0.1) is 0 Å². The molecule has 0 radical (unpaired) electrons. The lowest BCUT2D eigenvalue weighted by Crippen LogP contribution is -2.35. The predicted octanol–water partition coefficient (Wildman–Crippen LogP) is 0.903. The van der Waals surface area contributed by atoms with Gasteiger partial charge in [-0.15, -0.1) is 0 Å². The third-order valence-electron chi connectivity index (χ3n) is 3.65. The van der Waals surface area contributed by atoms with Gasteiger partial charge in [-0.2, -0.15) is 0 Å². The zero-order chi connectivity index (χ0) is 18.2. The average molecular weight is 343 g/mol. The van der Waals surface area contributed by atoms with E-state index in [0.29, 0.717) is 18.7 Å². The molecule has 0 unspecified atom stereocenters. The average Bonchev–Trinajstić information content (AvgIpc) is 2.61.